The zero-order valence-corrected chi connectivity index (χ0v) is 11.4. The predicted molar refractivity (Wildman–Crippen MR) is 69.3 cm³/mol. The van der Waals surface area contributed by atoms with E-state index in [1.807, 2.05) is 6.92 Å². The Bertz CT molecular complexity index is 489. The number of hydrogen-bond donors (Lipinski definition) is 2. The second-order valence-electron chi connectivity index (χ2n) is 6.13. The third-order valence-electron chi connectivity index (χ3n) is 3.91. The van der Waals surface area contributed by atoms with Crippen molar-refractivity contribution in [1.29, 1.82) is 0 Å². The average molecular weight is 251 g/mol. The number of aromatic amines is 1. The van der Waals surface area contributed by atoms with Crippen LogP contribution in [-0.2, 0) is 6.54 Å². The summed E-state index contributed by atoms with van der Waals surface area (Å²) in [4.78, 5) is 20.5. The number of rotatable bonds is 2. The molecule has 0 amide bonds. The van der Waals surface area contributed by atoms with Crippen LogP contribution in [0.25, 0.3) is 0 Å². The van der Waals surface area contributed by atoms with Gasteiger partial charge in [0.25, 0.3) is 5.56 Å². The Labute approximate surface area is 107 Å². The maximum atomic E-state index is 11.4. The molecule has 2 rings (SSSR count). The third-order valence-corrected chi connectivity index (χ3v) is 3.91. The fraction of sp³-hybridized carbons (Fsp3) is 0.692. The van der Waals surface area contributed by atoms with Crippen molar-refractivity contribution in [1.82, 2.24) is 14.9 Å². The van der Waals surface area contributed by atoms with Crippen LogP contribution in [0.1, 0.15) is 32.3 Å². The molecule has 18 heavy (non-hydrogen) atoms. The summed E-state index contributed by atoms with van der Waals surface area (Å²) in [7, 11) is 0. The van der Waals surface area contributed by atoms with E-state index in [1.165, 1.54) is 6.07 Å². The maximum absolute atomic E-state index is 11.4. The first-order valence-electron chi connectivity index (χ1n) is 6.21. The summed E-state index contributed by atoms with van der Waals surface area (Å²) in [5.41, 5.74) is -0.223. The van der Waals surface area contributed by atoms with Gasteiger partial charge in [-0.3, -0.25) is 9.69 Å². The molecule has 100 valence electrons. The lowest BCUT2D eigenvalue weighted by Crippen LogP contribution is -2.40. The molecule has 1 aliphatic rings. The van der Waals surface area contributed by atoms with E-state index in [2.05, 4.69) is 28.7 Å². The van der Waals surface area contributed by atoms with E-state index in [0.717, 1.165) is 12.2 Å². The van der Waals surface area contributed by atoms with E-state index < -0.39 is 5.60 Å². The quantitative estimate of drug-likeness (QED) is 0.810. The molecule has 5 heteroatoms. The van der Waals surface area contributed by atoms with Gasteiger partial charge in [0.1, 0.15) is 5.82 Å². The average Bonchev–Trinajstić information content (AvgIpc) is 2.31. The number of aliphatic hydroxyl groups is 1. The highest BCUT2D eigenvalue weighted by molar-refractivity contribution is 5.06. The number of nitrogens with one attached hydrogen (secondary N) is 1. The van der Waals surface area contributed by atoms with Crippen LogP contribution in [0.5, 0.6) is 0 Å². The Balaban J connectivity index is 2.15. The molecule has 1 atom stereocenters. The van der Waals surface area contributed by atoms with Crippen LogP contribution in [-0.4, -0.2) is 38.7 Å². The normalized spacial score (nSPS) is 27.6. The molecule has 1 aromatic heterocycles. The Morgan fingerprint density at radius 3 is 2.61 bits per heavy atom. The number of likely N-dealkylation sites (tertiary alicyclic amines) is 1. The van der Waals surface area contributed by atoms with Gasteiger partial charge in [-0.15, -0.1) is 0 Å². The minimum atomic E-state index is -0.705. The number of hydrogen-bond acceptors (Lipinski definition) is 4. The zero-order valence-electron chi connectivity index (χ0n) is 11.4. The maximum Gasteiger partial charge on any atom is 0.251 e. The number of aryl methyl sites for hydroxylation is 1. The van der Waals surface area contributed by atoms with Gasteiger partial charge in [0.05, 0.1) is 11.3 Å². The molecule has 1 aromatic rings. The van der Waals surface area contributed by atoms with Crippen molar-refractivity contribution < 1.29 is 5.11 Å². The summed E-state index contributed by atoms with van der Waals surface area (Å²) < 4.78 is 0. The van der Waals surface area contributed by atoms with Gasteiger partial charge in [0, 0.05) is 31.1 Å². The lowest BCUT2D eigenvalue weighted by atomic mass is 9.79. The molecule has 1 unspecified atom stereocenters. The smallest absolute Gasteiger partial charge is 0.251 e. The van der Waals surface area contributed by atoms with E-state index in [0.29, 0.717) is 18.9 Å². The molecule has 1 saturated heterocycles. The first kappa shape index (κ1) is 13.2. The van der Waals surface area contributed by atoms with Crippen LogP contribution >= 0.6 is 0 Å². The summed E-state index contributed by atoms with van der Waals surface area (Å²) in [5.74, 6) is 0.628. The number of aromatic nitrogens is 2. The van der Waals surface area contributed by atoms with E-state index in [1.54, 1.807) is 6.92 Å². The van der Waals surface area contributed by atoms with Gasteiger partial charge in [-0.25, -0.2) is 4.98 Å². The molecule has 1 fully saturated rings. The Kier molecular flexibility index (Phi) is 3.07. The molecule has 0 spiro atoms. The van der Waals surface area contributed by atoms with Gasteiger partial charge in [0.15, 0.2) is 0 Å². The molecule has 5 nitrogen and oxygen atoms in total. The monoisotopic (exact) mass is 251 g/mol. The van der Waals surface area contributed by atoms with Gasteiger partial charge < -0.3 is 10.1 Å². The van der Waals surface area contributed by atoms with E-state index >= 15 is 0 Å². The van der Waals surface area contributed by atoms with Crippen molar-refractivity contribution in [2.24, 2.45) is 5.41 Å². The van der Waals surface area contributed by atoms with Crippen LogP contribution < -0.4 is 5.56 Å². The molecule has 1 aliphatic heterocycles. The van der Waals surface area contributed by atoms with Gasteiger partial charge in [-0.1, -0.05) is 13.8 Å². The summed E-state index contributed by atoms with van der Waals surface area (Å²) >= 11 is 0. The van der Waals surface area contributed by atoms with Crippen LogP contribution in [0.2, 0.25) is 0 Å². The fourth-order valence-electron chi connectivity index (χ4n) is 2.50. The van der Waals surface area contributed by atoms with E-state index in [4.69, 9.17) is 0 Å². The topological polar surface area (TPSA) is 69.2 Å². The molecule has 0 radical (unpaired) electrons. The lowest BCUT2D eigenvalue weighted by Gasteiger charge is -2.31. The molecule has 0 bridgehead atoms. The molecule has 0 aromatic carbocycles. The van der Waals surface area contributed by atoms with Crippen molar-refractivity contribution in [2.45, 2.75) is 39.8 Å². The highest BCUT2D eigenvalue weighted by atomic mass is 16.3. The highest BCUT2D eigenvalue weighted by Gasteiger charge is 2.47. The number of β-amino-alcohol motifs (C(OH)–C–C–N with tert-alkyl or cyclic N) is 1. The van der Waals surface area contributed by atoms with E-state index in [-0.39, 0.29) is 11.0 Å². The lowest BCUT2D eigenvalue weighted by molar-refractivity contribution is -0.0111. The van der Waals surface area contributed by atoms with Crippen molar-refractivity contribution in [3.8, 4) is 0 Å². The first-order valence-corrected chi connectivity index (χ1v) is 6.21. The fourth-order valence-corrected chi connectivity index (χ4v) is 2.50. The second kappa shape index (κ2) is 4.17. The van der Waals surface area contributed by atoms with Gasteiger partial charge in [-0.05, 0) is 13.8 Å². The minimum absolute atomic E-state index is 0.122. The third kappa shape index (κ3) is 2.47. The van der Waals surface area contributed by atoms with Crippen LogP contribution in [0, 0.1) is 12.3 Å². The standard InChI is InChI=1S/C13H21N3O2/c1-9-14-10(5-11(17)15-9)6-16-7-12(2,3)13(4,18)8-16/h5,18H,6-8H2,1-4H3,(H,14,15,17). The summed E-state index contributed by atoms with van der Waals surface area (Å²) in [5, 5.41) is 10.3. The zero-order chi connectivity index (χ0) is 13.6. The summed E-state index contributed by atoms with van der Waals surface area (Å²) in [6.07, 6.45) is 0. The summed E-state index contributed by atoms with van der Waals surface area (Å²) in [6.45, 7) is 9.76. The van der Waals surface area contributed by atoms with Gasteiger partial charge >= 0.3 is 0 Å². The van der Waals surface area contributed by atoms with Crippen molar-refractivity contribution in [2.75, 3.05) is 13.1 Å². The number of nitrogens with zero attached hydrogens (tertiary/aromatic N) is 2. The molecule has 2 N–H and O–H groups in total. The predicted octanol–water partition coefficient (Wildman–Crippen LogP) is 0.671. The molecular weight excluding hydrogens is 230 g/mol. The molecule has 0 aliphatic carbocycles. The molecular formula is C13H21N3O2. The van der Waals surface area contributed by atoms with Gasteiger partial charge in [-0.2, -0.15) is 0 Å². The second-order valence-corrected chi connectivity index (χ2v) is 6.13. The van der Waals surface area contributed by atoms with Crippen LogP contribution in [0.4, 0.5) is 0 Å². The van der Waals surface area contributed by atoms with Crippen LogP contribution in [0.3, 0.4) is 0 Å². The van der Waals surface area contributed by atoms with E-state index in [9.17, 15) is 9.90 Å². The summed E-state index contributed by atoms with van der Waals surface area (Å²) in [6, 6.07) is 1.52. The van der Waals surface area contributed by atoms with Crippen molar-refractivity contribution in [3.05, 3.63) is 27.9 Å². The SMILES string of the molecule is Cc1nc(CN2CC(C)(C)C(C)(O)C2)cc(=O)[nH]1. The molecule has 2 heterocycles. The van der Waals surface area contributed by atoms with Crippen molar-refractivity contribution >= 4 is 0 Å². The van der Waals surface area contributed by atoms with Crippen molar-refractivity contribution in [3.63, 3.8) is 0 Å². The highest BCUT2D eigenvalue weighted by Crippen LogP contribution is 2.38. The molecule has 0 saturated carbocycles. The minimum Gasteiger partial charge on any atom is -0.388 e. The van der Waals surface area contributed by atoms with Gasteiger partial charge in [0.2, 0.25) is 0 Å². The first-order chi connectivity index (χ1) is 8.19. The van der Waals surface area contributed by atoms with Crippen LogP contribution in [0.15, 0.2) is 10.9 Å². The largest absolute Gasteiger partial charge is 0.388 e. The number of H-pyrrole nitrogens is 1. The Hall–Kier alpha value is -1.20. The Morgan fingerprint density at radius 2 is 2.11 bits per heavy atom. The Morgan fingerprint density at radius 1 is 1.44 bits per heavy atom.